The van der Waals surface area contributed by atoms with Gasteiger partial charge in [-0.05, 0) is 17.7 Å². The number of aliphatic hydroxyl groups is 1. The van der Waals surface area contributed by atoms with Gasteiger partial charge in [-0.2, -0.15) is 0 Å². The van der Waals surface area contributed by atoms with Crippen molar-refractivity contribution in [1.82, 2.24) is 9.88 Å². The minimum atomic E-state index is -0.0709. The topological polar surface area (TPSA) is 45.6 Å². The lowest BCUT2D eigenvalue weighted by Crippen LogP contribution is -2.43. The molecule has 1 N–H and O–H groups in total. The lowest BCUT2D eigenvalue weighted by atomic mass is 10.1. The summed E-state index contributed by atoms with van der Waals surface area (Å²) in [5.74, 6) is 0. The highest BCUT2D eigenvalue weighted by atomic mass is 79.9. The second-order valence-corrected chi connectivity index (χ2v) is 5.87. The van der Waals surface area contributed by atoms with Crippen LogP contribution in [0, 0.1) is 0 Å². The fourth-order valence-corrected chi connectivity index (χ4v) is 3.05. The average Bonchev–Trinajstić information content (AvgIpc) is 2.51. The maximum Gasteiger partial charge on any atom is 0.0933 e. The maximum absolute atomic E-state index is 9.21. The van der Waals surface area contributed by atoms with Crippen LogP contribution in [-0.4, -0.2) is 47.4 Å². The second kappa shape index (κ2) is 6.18. The van der Waals surface area contributed by atoms with E-state index in [2.05, 4.69) is 44.0 Å². The van der Waals surface area contributed by atoms with Crippen molar-refractivity contribution in [2.75, 3.05) is 26.3 Å². The third-order valence-corrected chi connectivity index (χ3v) is 4.31. The maximum atomic E-state index is 9.21. The molecule has 1 aromatic heterocycles. The Hall–Kier alpha value is -1.01. The second-order valence-electron chi connectivity index (χ2n) is 5.02. The van der Waals surface area contributed by atoms with Crippen LogP contribution in [0.3, 0.4) is 0 Å². The summed E-state index contributed by atoms with van der Waals surface area (Å²) in [6.07, 6.45) is 1.76. The highest BCUT2D eigenvalue weighted by Gasteiger charge is 2.20. The number of benzene rings is 1. The number of halogens is 1. The number of hydrogen-bond donors (Lipinski definition) is 1. The van der Waals surface area contributed by atoms with E-state index in [1.165, 1.54) is 5.56 Å². The van der Waals surface area contributed by atoms with Crippen molar-refractivity contribution in [2.45, 2.75) is 12.6 Å². The van der Waals surface area contributed by atoms with Crippen LogP contribution in [0.15, 0.2) is 34.9 Å². The Morgan fingerprint density at radius 1 is 1.40 bits per heavy atom. The summed E-state index contributed by atoms with van der Waals surface area (Å²) in [6, 6.07) is 8.21. The minimum Gasteiger partial charge on any atom is -0.394 e. The van der Waals surface area contributed by atoms with Crippen molar-refractivity contribution in [1.29, 1.82) is 0 Å². The van der Waals surface area contributed by atoms with Crippen LogP contribution in [0.2, 0.25) is 0 Å². The van der Waals surface area contributed by atoms with E-state index in [0.29, 0.717) is 6.61 Å². The molecule has 1 saturated heterocycles. The Kier molecular flexibility index (Phi) is 4.31. The molecule has 1 aliphatic heterocycles. The molecule has 2 heterocycles. The highest BCUT2D eigenvalue weighted by Crippen LogP contribution is 2.26. The summed E-state index contributed by atoms with van der Waals surface area (Å²) >= 11 is 3.57. The molecule has 0 saturated carbocycles. The van der Waals surface area contributed by atoms with Crippen LogP contribution >= 0.6 is 15.9 Å². The largest absolute Gasteiger partial charge is 0.394 e. The summed E-state index contributed by atoms with van der Waals surface area (Å²) in [5.41, 5.74) is 2.25. The zero-order valence-electron chi connectivity index (χ0n) is 11.1. The van der Waals surface area contributed by atoms with Gasteiger partial charge in [-0.1, -0.05) is 28.1 Å². The highest BCUT2D eigenvalue weighted by molar-refractivity contribution is 9.10. The summed E-state index contributed by atoms with van der Waals surface area (Å²) in [6.45, 7) is 3.24. The monoisotopic (exact) mass is 336 g/mol. The van der Waals surface area contributed by atoms with Gasteiger partial charge in [0.15, 0.2) is 0 Å². The first kappa shape index (κ1) is 13.9. The number of pyridine rings is 1. The van der Waals surface area contributed by atoms with E-state index >= 15 is 0 Å². The number of fused-ring (bicyclic) bond motifs is 1. The zero-order valence-corrected chi connectivity index (χ0v) is 12.7. The number of ether oxygens (including phenoxy) is 1. The molecule has 1 atom stereocenters. The first-order chi connectivity index (χ1) is 9.78. The molecule has 1 unspecified atom stereocenters. The van der Waals surface area contributed by atoms with Crippen LogP contribution in [0.25, 0.3) is 10.9 Å². The lowest BCUT2D eigenvalue weighted by molar-refractivity contribution is -0.0550. The third-order valence-electron chi connectivity index (χ3n) is 3.62. The normalized spacial score (nSPS) is 20.4. The Balaban J connectivity index is 1.86. The molecule has 20 heavy (non-hydrogen) atoms. The van der Waals surface area contributed by atoms with Gasteiger partial charge in [0, 0.05) is 35.7 Å². The molecule has 0 spiro atoms. The fourth-order valence-electron chi connectivity index (χ4n) is 2.60. The third kappa shape index (κ3) is 2.86. The van der Waals surface area contributed by atoms with Crippen LogP contribution < -0.4 is 0 Å². The van der Waals surface area contributed by atoms with E-state index in [1.807, 2.05) is 12.3 Å². The number of rotatable bonds is 3. The Labute approximate surface area is 126 Å². The predicted molar refractivity (Wildman–Crippen MR) is 81.5 cm³/mol. The van der Waals surface area contributed by atoms with Gasteiger partial charge in [-0.25, -0.2) is 0 Å². The predicted octanol–water partition coefficient (Wildman–Crippen LogP) is 2.19. The van der Waals surface area contributed by atoms with Crippen LogP contribution in [0.4, 0.5) is 0 Å². The quantitative estimate of drug-likeness (QED) is 0.933. The van der Waals surface area contributed by atoms with Gasteiger partial charge in [0.1, 0.15) is 0 Å². The van der Waals surface area contributed by atoms with Crippen molar-refractivity contribution >= 4 is 26.8 Å². The molecular weight excluding hydrogens is 320 g/mol. The lowest BCUT2D eigenvalue weighted by Gasteiger charge is -2.32. The number of hydrogen-bond acceptors (Lipinski definition) is 4. The molecule has 0 aliphatic carbocycles. The minimum absolute atomic E-state index is 0.0709. The summed E-state index contributed by atoms with van der Waals surface area (Å²) in [7, 11) is 0. The van der Waals surface area contributed by atoms with Crippen molar-refractivity contribution in [3.8, 4) is 0 Å². The Morgan fingerprint density at radius 3 is 3.15 bits per heavy atom. The molecule has 2 aromatic rings. The molecule has 5 heteroatoms. The van der Waals surface area contributed by atoms with Crippen molar-refractivity contribution in [2.24, 2.45) is 0 Å². The van der Waals surface area contributed by atoms with E-state index < -0.39 is 0 Å². The molecule has 1 aromatic carbocycles. The number of aliphatic hydroxyl groups excluding tert-OH is 1. The Bertz CT molecular complexity index is 605. The van der Waals surface area contributed by atoms with E-state index in [4.69, 9.17) is 4.74 Å². The summed E-state index contributed by atoms with van der Waals surface area (Å²) in [5, 5.41) is 10.3. The number of nitrogens with zero attached hydrogens (tertiary/aromatic N) is 2. The van der Waals surface area contributed by atoms with Gasteiger partial charge in [0.2, 0.25) is 0 Å². The van der Waals surface area contributed by atoms with E-state index in [1.54, 1.807) is 0 Å². The van der Waals surface area contributed by atoms with Gasteiger partial charge in [0.25, 0.3) is 0 Å². The number of aromatic nitrogens is 1. The molecular formula is C15H17BrN2O2. The van der Waals surface area contributed by atoms with Gasteiger partial charge >= 0.3 is 0 Å². The molecule has 1 fully saturated rings. The first-order valence-corrected chi connectivity index (χ1v) is 7.54. The summed E-state index contributed by atoms with van der Waals surface area (Å²) in [4.78, 5) is 6.82. The van der Waals surface area contributed by atoms with Crippen molar-refractivity contribution in [3.05, 3.63) is 40.5 Å². The van der Waals surface area contributed by atoms with E-state index in [-0.39, 0.29) is 12.7 Å². The smallest absolute Gasteiger partial charge is 0.0933 e. The van der Waals surface area contributed by atoms with E-state index in [0.717, 1.165) is 35.0 Å². The molecule has 1 aliphatic rings. The SMILES string of the molecule is OCC1CN(Cc2ccc(Br)c3cccnc23)CCO1. The van der Waals surface area contributed by atoms with Gasteiger partial charge < -0.3 is 9.84 Å². The van der Waals surface area contributed by atoms with Crippen LogP contribution in [-0.2, 0) is 11.3 Å². The van der Waals surface area contributed by atoms with Crippen molar-refractivity contribution < 1.29 is 9.84 Å². The fraction of sp³-hybridized carbons (Fsp3) is 0.400. The standard InChI is InChI=1S/C15H17BrN2O2/c16-14-4-3-11(15-13(14)2-1-5-17-15)8-18-6-7-20-12(9-18)10-19/h1-5,12,19H,6-10H2. The summed E-state index contributed by atoms with van der Waals surface area (Å²) < 4.78 is 6.56. The van der Waals surface area contributed by atoms with Crippen molar-refractivity contribution in [3.63, 3.8) is 0 Å². The molecule has 0 amide bonds. The zero-order chi connectivity index (χ0) is 13.9. The number of morpholine rings is 1. The first-order valence-electron chi connectivity index (χ1n) is 6.75. The van der Waals surface area contributed by atoms with E-state index in [9.17, 15) is 5.11 Å². The van der Waals surface area contributed by atoms with Crippen LogP contribution in [0.5, 0.6) is 0 Å². The molecule has 0 radical (unpaired) electrons. The molecule has 106 valence electrons. The van der Waals surface area contributed by atoms with Crippen LogP contribution in [0.1, 0.15) is 5.56 Å². The van der Waals surface area contributed by atoms with Gasteiger partial charge in [-0.3, -0.25) is 9.88 Å². The molecule has 4 nitrogen and oxygen atoms in total. The molecule has 3 rings (SSSR count). The van der Waals surface area contributed by atoms with Gasteiger partial charge in [-0.15, -0.1) is 0 Å². The average molecular weight is 337 g/mol. The molecule has 0 bridgehead atoms. The van der Waals surface area contributed by atoms with Gasteiger partial charge in [0.05, 0.1) is 24.8 Å². The Morgan fingerprint density at radius 2 is 2.30 bits per heavy atom.